The van der Waals surface area contributed by atoms with Crippen LogP contribution in [0.25, 0.3) is 0 Å². The highest BCUT2D eigenvalue weighted by Crippen LogP contribution is 2.47. The van der Waals surface area contributed by atoms with Crippen molar-refractivity contribution in [1.29, 1.82) is 0 Å². The first-order chi connectivity index (χ1) is 15.0. The number of nitrogens with zero attached hydrogens (tertiary/aromatic N) is 2. The summed E-state index contributed by atoms with van der Waals surface area (Å²) < 4.78 is 0. The van der Waals surface area contributed by atoms with Gasteiger partial charge in [-0.15, -0.1) is 0 Å². The molecule has 8 nitrogen and oxygen atoms in total. The van der Waals surface area contributed by atoms with E-state index in [1.807, 2.05) is 25.8 Å². The van der Waals surface area contributed by atoms with Gasteiger partial charge in [-0.05, 0) is 69.6 Å². The Hall–Kier alpha value is -2.71. The van der Waals surface area contributed by atoms with Crippen molar-refractivity contribution in [2.75, 3.05) is 20.1 Å². The highest BCUT2D eigenvalue weighted by atomic mass is 16.4. The van der Waals surface area contributed by atoms with Gasteiger partial charge in [0.2, 0.25) is 5.91 Å². The van der Waals surface area contributed by atoms with E-state index in [1.54, 1.807) is 19.9 Å². The van der Waals surface area contributed by atoms with Crippen molar-refractivity contribution in [3.8, 4) is 5.75 Å². The van der Waals surface area contributed by atoms with Gasteiger partial charge in [0.05, 0.1) is 18.1 Å². The number of benzene rings is 1. The summed E-state index contributed by atoms with van der Waals surface area (Å²) in [7, 11) is 1.86. The molecule has 0 radical (unpaired) electrons. The molecule has 1 amide bonds. The maximum atomic E-state index is 12.6. The average molecular weight is 445 g/mol. The second-order valence-corrected chi connectivity index (χ2v) is 9.08. The number of β-lactam (4-membered cyclic amide) rings is 1. The zero-order chi connectivity index (χ0) is 23.9. The first-order valence-corrected chi connectivity index (χ1v) is 11.0. The number of ketones is 1. The molecule has 32 heavy (non-hydrogen) atoms. The fraction of sp³-hybridized carbons (Fsp3) is 0.542. The number of phenolic OH excluding ortho intramolecular Hbond substituents is 1. The van der Waals surface area contributed by atoms with E-state index in [9.17, 15) is 29.7 Å². The molecular weight excluding hydrogens is 412 g/mol. The van der Waals surface area contributed by atoms with Crippen LogP contribution >= 0.6 is 0 Å². The average Bonchev–Trinajstić information content (AvgIpc) is 2.94. The number of hydrogen-bond acceptors (Lipinski definition) is 6. The van der Waals surface area contributed by atoms with Gasteiger partial charge in [-0.2, -0.15) is 0 Å². The number of hydrogen-bond donors (Lipinski definition) is 3. The number of phenols is 1. The van der Waals surface area contributed by atoms with Gasteiger partial charge in [0.25, 0.3) is 0 Å². The molecule has 0 saturated carbocycles. The minimum absolute atomic E-state index is 0.00759. The molecule has 1 saturated heterocycles. The van der Waals surface area contributed by atoms with Gasteiger partial charge >= 0.3 is 5.97 Å². The van der Waals surface area contributed by atoms with Crippen LogP contribution in [0.2, 0.25) is 0 Å². The maximum Gasteiger partial charge on any atom is 0.352 e. The van der Waals surface area contributed by atoms with E-state index in [-0.39, 0.29) is 35.1 Å². The number of carboxylic acids is 1. The lowest BCUT2D eigenvalue weighted by atomic mass is 9.77. The number of likely N-dealkylation sites (N-methyl/N-ethyl adjacent to an activating group) is 1. The number of aliphatic hydroxyl groups excluding tert-OH is 1. The first-order valence-electron chi connectivity index (χ1n) is 11.0. The topological polar surface area (TPSA) is 118 Å². The zero-order valence-electron chi connectivity index (χ0n) is 19.3. The van der Waals surface area contributed by atoms with Crippen molar-refractivity contribution in [2.24, 2.45) is 11.8 Å². The van der Waals surface area contributed by atoms with E-state index in [1.165, 1.54) is 11.0 Å². The summed E-state index contributed by atoms with van der Waals surface area (Å²) in [4.78, 5) is 40.2. The molecule has 2 aliphatic rings. The van der Waals surface area contributed by atoms with Crippen LogP contribution in [0.1, 0.15) is 48.2 Å². The highest BCUT2D eigenvalue weighted by molar-refractivity contribution is 6.00. The van der Waals surface area contributed by atoms with Gasteiger partial charge in [-0.25, -0.2) is 4.79 Å². The Morgan fingerprint density at radius 3 is 2.47 bits per heavy atom. The van der Waals surface area contributed by atoms with Crippen molar-refractivity contribution in [3.05, 3.63) is 40.1 Å². The smallest absolute Gasteiger partial charge is 0.352 e. The molecule has 1 aromatic rings. The van der Waals surface area contributed by atoms with Crippen molar-refractivity contribution in [3.63, 3.8) is 0 Å². The van der Waals surface area contributed by atoms with Crippen LogP contribution in [0.15, 0.2) is 23.4 Å². The quantitative estimate of drug-likeness (QED) is 0.394. The largest absolute Gasteiger partial charge is 0.508 e. The van der Waals surface area contributed by atoms with Crippen LogP contribution in [0.4, 0.5) is 0 Å². The summed E-state index contributed by atoms with van der Waals surface area (Å²) in [6.07, 6.45) is 0.116. The number of amides is 1. The first kappa shape index (κ1) is 23.9. The number of fused-ring (bicyclic) bond motifs is 1. The van der Waals surface area contributed by atoms with Crippen molar-refractivity contribution in [1.82, 2.24) is 9.80 Å². The molecular formula is C24H32N2O6. The van der Waals surface area contributed by atoms with Crippen molar-refractivity contribution < 1.29 is 29.7 Å². The number of carbonyl (C=O) groups excluding carboxylic acids is 2. The molecule has 174 valence electrons. The number of rotatable bonds is 9. The second kappa shape index (κ2) is 9.03. The standard InChI is InChI=1S/C24H32N2O6/c1-12-13(2)18(28)9-8-16(12)19(29)7-6-10-25(5)11-17-14(3)21-20(15(4)27)23(30)26(21)22(17)24(31)32/h8-9,14-15,20-21,27-28H,6-7,10-11H2,1-5H3,(H,31,32)/t14-,15+,20+,21+/m0/s1. The maximum absolute atomic E-state index is 12.6. The third kappa shape index (κ3) is 4.04. The Bertz CT molecular complexity index is 983. The Balaban J connectivity index is 1.63. The Labute approximate surface area is 188 Å². The van der Waals surface area contributed by atoms with E-state index in [0.29, 0.717) is 42.6 Å². The lowest BCUT2D eigenvalue weighted by Crippen LogP contribution is -2.63. The van der Waals surface area contributed by atoms with Crippen LogP contribution in [0.3, 0.4) is 0 Å². The normalized spacial score (nSPS) is 23.4. The third-order valence-corrected chi connectivity index (χ3v) is 6.96. The summed E-state index contributed by atoms with van der Waals surface area (Å²) >= 11 is 0. The predicted octanol–water partition coefficient (Wildman–Crippen LogP) is 2.10. The molecule has 2 aliphatic heterocycles. The van der Waals surface area contributed by atoms with E-state index < -0.39 is 18.0 Å². The fourth-order valence-corrected chi connectivity index (χ4v) is 4.98. The molecule has 3 rings (SSSR count). The minimum atomic E-state index is -1.13. The van der Waals surface area contributed by atoms with Gasteiger partial charge in [-0.1, -0.05) is 6.92 Å². The molecule has 8 heteroatoms. The number of carbonyl (C=O) groups is 3. The molecule has 0 spiro atoms. The fourth-order valence-electron chi connectivity index (χ4n) is 4.98. The van der Waals surface area contributed by atoms with Gasteiger partial charge in [-0.3, -0.25) is 9.59 Å². The molecule has 0 aliphatic carbocycles. The molecule has 0 aromatic heterocycles. The van der Waals surface area contributed by atoms with Crippen LogP contribution in [0.5, 0.6) is 5.75 Å². The molecule has 1 aromatic carbocycles. The lowest BCUT2D eigenvalue weighted by molar-refractivity contribution is -0.163. The SMILES string of the molecule is Cc1c(O)ccc(C(=O)CCCN(C)CC2=C(C(=O)O)N3C(=O)[C@H]([C@@H](C)O)[C@H]3[C@H]2C)c1C. The monoisotopic (exact) mass is 444 g/mol. The second-order valence-electron chi connectivity index (χ2n) is 9.08. The van der Waals surface area contributed by atoms with E-state index in [4.69, 9.17) is 0 Å². The van der Waals surface area contributed by atoms with Gasteiger partial charge in [0.1, 0.15) is 11.4 Å². The van der Waals surface area contributed by atoms with E-state index in [2.05, 4.69) is 0 Å². The summed E-state index contributed by atoms with van der Waals surface area (Å²) in [5, 5.41) is 29.4. The highest BCUT2D eigenvalue weighted by Gasteiger charge is 2.59. The number of aromatic hydroxyl groups is 1. The number of Topliss-reactive ketones (excluding diaryl/α,β-unsaturated/α-hetero) is 1. The number of aliphatic hydroxyl groups is 1. The van der Waals surface area contributed by atoms with Crippen LogP contribution in [-0.4, -0.2) is 75.1 Å². The molecule has 0 unspecified atom stereocenters. The third-order valence-electron chi connectivity index (χ3n) is 6.96. The minimum Gasteiger partial charge on any atom is -0.508 e. The summed E-state index contributed by atoms with van der Waals surface area (Å²) in [5.74, 6) is -2.02. The van der Waals surface area contributed by atoms with Crippen LogP contribution in [0, 0.1) is 25.7 Å². The van der Waals surface area contributed by atoms with Gasteiger partial charge in [0, 0.05) is 24.4 Å². The van der Waals surface area contributed by atoms with E-state index in [0.717, 1.165) is 5.56 Å². The zero-order valence-corrected chi connectivity index (χ0v) is 19.3. The van der Waals surface area contributed by atoms with Crippen LogP contribution < -0.4 is 0 Å². The summed E-state index contributed by atoms with van der Waals surface area (Å²) in [5.41, 5.74) is 2.79. The molecule has 0 bridgehead atoms. The van der Waals surface area contributed by atoms with Gasteiger partial charge in [0.15, 0.2) is 5.78 Å². The van der Waals surface area contributed by atoms with Crippen molar-refractivity contribution in [2.45, 2.75) is 52.7 Å². The molecule has 4 atom stereocenters. The number of aliphatic carboxylic acids is 1. The summed E-state index contributed by atoms with van der Waals surface area (Å²) in [6, 6.07) is 2.86. The Morgan fingerprint density at radius 1 is 1.22 bits per heavy atom. The van der Waals surface area contributed by atoms with Gasteiger partial charge < -0.3 is 25.1 Å². The Morgan fingerprint density at radius 2 is 1.88 bits per heavy atom. The van der Waals surface area contributed by atoms with Crippen LogP contribution in [-0.2, 0) is 9.59 Å². The van der Waals surface area contributed by atoms with Crippen molar-refractivity contribution >= 4 is 17.7 Å². The number of carboxylic acid groups (broad SMARTS) is 1. The van der Waals surface area contributed by atoms with E-state index >= 15 is 0 Å². The lowest BCUT2D eigenvalue weighted by Gasteiger charge is -2.46. The predicted molar refractivity (Wildman–Crippen MR) is 118 cm³/mol. The molecule has 2 heterocycles. The molecule has 3 N–H and O–H groups in total. The summed E-state index contributed by atoms with van der Waals surface area (Å²) in [6.45, 7) is 8.02. The Kier molecular flexibility index (Phi) is 6.76. The molecule has 1 fully saturated rings.